The highest BCUT2D eigenvalue weighted by Gasteiger charge is 2.35. The molecule has 91 heavy (non-hydrogen) atoms. The van der Waals surface area contributed by atoms with E-state index in [2.05, 4.69) is 93.7 Å². The zero-order chi connectivity index (χ0) is 68.8. The molecule has 1 aromatic rings. The highest BCUT2D eigenvalue weighted by atomic mass is 32.1. The number of rotatable bonds is 45. The summed E-state index contributed by atoms with van der Waals surface area (Å²) in [5.74, 6) is -15.7. The molecule has 11 atom stereocenters. The maximum absolute atomic E-state index is 13.7. The molecule has 0 aliphatic carbocycles. The lowest BCUT2D eigenvalue weighted by Crippen LogP contribution is -2.60. The average Bonchev–Trinajstić information content (AvgIpc) is 1.93. The Balaban J connectivity index is 3.19. The van der Waals surface area contributed by atoms with E-state index in [-0.39, 0.29) is 81.7 Å². The first-order valence-corrected chi connectivity index (χ1v) is 30.1. The van der Waals surface area contributed by atoms with Gasteiger partial charge in [0.05, 0.1) is 38.8 Å². The van der Waals surface area contributed by atoms with Crippen molar-refractivity contribution < 1.29 is 82.8 Å². The molecular formula is C53H89N19O17S2. The summed E-state index contributed by atoms with van der Waals surface area (Å²) in [4.78, 5) is 179. The van der Waals surface area contributed by atoms with Crippen LogP contribution in [0.2, 0.25) is 0 Å². The monoisotopic (exact) mass is 1330 g/mol. The molecule has 11 amide bonds. The molecule has 0 saturated heterocycles. The molecule has 38 heteroatoms. The van der Waals surface area contributed by atoms with Gasteiger partial charge in [-0.1, -0.05) is 50.6 Å². The van der Waals surface area contributed by atoms with E-state index in [1.54, 1.807) is 44.2 Å². The number of carbonyl (C=O) groups is 13. The standard InChI is InChI=1S/C53H89N19O17S2/c1-3-27(2)41(55)50(87)72-37(26-91)49(86)69-33(20-40(77)78)45(82)68-32(19-28-11-5-4-6-12-28)43(80)63-22-39(76)65-34(23-73)46(83)70-35(24-74)47(84)71-36(25-90)48(85)66-29(14-9-17-60-52(56)57)42(79)62-21-38(75)64-30(15-10-18-61-53(58)59)44(81)67-31(51(88)89)13-7-8-16-54/h4-6,11-12,27,29-37,41,73-74,90-91H,3,7-10,13-26,54-55H2,1-2H3,(H,62,79)(H,63,80)(H,64,75)(H,65,76)(H,66,85)(H,67,81)(H,68,82)(H,69,86)(H,70,83)(H,71,84)(H,72,87)(H,77,78)(H,88,89)(H4,56,57,60)(H4,58,59,61)/t27-,29-,30-,31-,32-,33-,34-,35-,36-,37-,41-/m0/s1. The van der Waals surface area contributed by atoms with Crippen LogP contribution in [0.4, 0.5) is 0 Å². The Labute approximate surface area is 535 Å². The largest absolute Gasteiger partial charge is 0.481 e. The summed E-state index contributed by atoms with van der Waals surface area (Å²) in [5.41, 5.74) is 33.6. The maximum atomic E-state index is 13.7. The summed E-state index contributed by atoms with van der Waals surface area (Å²) in [6.45, 7) is -0.134. The van der Waals surface area contributed by atoms with E-state index in [1.165, 1.54) is 0 Å². The number of amides is 11. The molecular weight excluding hydrogens is 1240 g/mol. The number of hydrogen-bond acceptors (Lipinski definition) is 21. The molecule has 0 fully saturated rings. The molecule has 0 bridgehead atoms. The quantitative estimate of drug-likeness (QED) is 0.0125. The van der Waals surface area contributed by atoms with Crippen molar-refractivity contribution in [2.75, 3.05) is 57.4 Å². The number of nitrogens with zero attached hydrogens (tertiary/aromatic N) is 2. The minimum absolute atomic E-state index is 0.0354. The number of hydrogen-bond donors (Lipinski definition) is 23. The number of carboxylic acids is 2. The van der Waals surface area contributed by atoms with E-state index in [1.807, 2.05) is 0 Å². The molecule has 1 rings (SSSR count). The van der Waals surface area contributed by atoms with Crippen molar-refractivity contribution in [2.45, 2.75) is 138 Å². The minimum atomic E-state index is -1.87. The smallest absolute Gasteiger partial charge is 0.326 e. The Bertz CT molecular complexity index is 2660. The lowest BCUT2D eigenvalue weighted by atomic mass is 9.99. The predicted octanol–water partition coefficient (Wildman–Crippen LogP) is -9.16. The van der Waals surface area contributed by atoms with Crippen molar-refractivity contribution in [3.05, 3.63) is 35.9 Å². The summed E-state index contributed by atoms with van der Waals surface area (Å²) in [7, 11) is 0. The van der Waals surface area contributed by atoms with Crippen LogP contribution in [-0.2, 0) is 68.7 Å². The lowest BCUT2D eigenvalue weighted by Gasteiger charge is -2.25. The maximum Gasteiger partial charge on any atom is 0.326 e. The molecule has 0 aromatic heterocycles. The van der Waals surface area contributed by atoms with Gasteiger partial charge < -0.3 is 113 Å². The molecule has 0 heterocycles. The van der Waals surface area contributed by atoms with E-state index in [4.69, 9.17) is 34.4 Å². The molecule has 0 unspecified atom stereocenters. The summed E-state index contributed by atoms with van der Waals surface area (Å²) < 4.78 is 0. The number of carbonyl (C=O) groups excluding carboxylic acids is 11. The van der Waals surface area contributed by atoms with Crippen molar-refractivity contribution >= 4 is 114 Å². The van der Waals surface area contributed by atoms with Gasteiger partial charge in [-0.25, -0.2) is 4.79 Å². The molecule has 0 radical (unpaired) electrons. The zero-order valence-corrected chi connectivity index (χ0v) is 52.3. The third-order valence-electron chi connectivity index (χ3n) is 13.4. The second-order valence-corrected chi connectivity index (χ2v) is 21.3. The summed E-state index contributed by atoms with van der Waals surface area (Å²) in [6, 6.07) is -7.12. The molecule has 1 aromatic carbocycles. The normalized spacial score (nSPS) is 14.5. The van der Waals surface area contributed by atoms with Crippen molar-refractivity contribution in [1.29, 1.82) is 0 Å². The second kappa shape index (κ2) is 44.0. The van der Waals surface area contributed by atoms with Gasteiger partial charge >= 0.3 is 11.9 Å². The van der Waals surface area contributed by atoms with Crippen molar-refractivity contribution in [2.24, 2.45) is 50.3 Å². The van der Waals surface area contributed by atoms with Gasteiger partial charge in [-0.05, 0) is 63.0 Å². The van der Waals surface area contributed by atoms with Crippen molar-refractivity contribution in [3.8, 4) is 0 Å². The second-order valence-electron chi connectivity index (χ2n) is 20.6. The average molecular weight is 1330 g/mol. The third-order valence-corrected chi connectivity index (χ3v) is 14.1. The first-order valence-electron chi connectivity index (χ1n) is 28.8. The number of benzene rings is 1. The molecule has 36 nitrogen and oxygen atoms in total. The SMILES string of the molecule is CC[C@H](C)[C@H](N)C(=O)N[C@@H](CS)C(=O)N[C@@H](CC(=O)O)C(=O)N[C@@H](Cc1ccccc1)C(=O)NCC(=O)N[C@@H](CO)C(=O)N[C@@H](CO)C(=O)N[C@@H](CS)C(=O)N[C@@H](CCCN=C(N)N)C(=O)NCC(=O)N[C@@H](CCCN=C(N)N)C(=O)N[C@@H](CCCCN)C(=O)O. The third kappa shape index (κ3) is 32.1. The number of nitrogens with two attached hydrogens (primary N) is 6. The molecule has 0 spiro atoms. The number of aliphatic carboxylic acids is 2. The van der Waals surface area contributed by atoms with Crippen LogP contribution in [0.5, 0.6) is 0 Å². The van der Waals surface area contributed by atoms with Crippen LogP contribution in [0.15, 0.2) is 40.3 Å². The van der Waals surface area contributed by atoms with Crippen LogP contribution in [0, 0.1) is 5.92 Å². The molecule has 27 N–H and O–H groups in total. The summed E-state index contributed by atoms with van der Waals surface area (Å²) in [5, 5.41) is 65.0. The number of thiol groups is 2. The lowest BCUT2D eigenvalue weighted by molar-refractivity contribution is -0.142. The summed E-state index contributed by atoms with van der Waals surface area (Å²) >= 11 is 8.23. The first-order chi connectivity index (χ1) is 43.0. The van der Waals surface area contributed by atoms with Crippen LogP contribution >= 0.6 is 25.3 Å². The van der Waals surface area contributed by atoms with Gasteiger partial charge in [0.15, 0.2) is 11.9 Å². The number of unbranched alkanes of at least 4 members (excludes halogenated alkanes) is 1. The predicted molar refractivity (Wildman–Crippen MR) is 335 cm³/mol. The van der Waals surface area contributed by atoms with Crippen LogP contribution in [0.25, 0.3) is 0 Å². The molecule has 510 valence electrons. The number of nitrogens with one attached hydrogen (secondary N) is 11. The highest BCUT2D eigenvalue weighted by molar-refractivity contribution is 7.80. The van der Waals surface area contributed by atoms with E-state index in [0.717, 1.165) is 0 Å². The number of guanidine groups is 2. The van der Waals surface area contributed by atoms with Gasteiger partial charge in [-0.2, -0.15) is 25.3 Å². The Morgan fingerprint density at radius 3 is 1.34 bits per heavy atom. The van der Waals surface area contributed by atoms with Crippen molar-refractivity contribution in [1.82, 2.24) is 58.5 Å². The first kappa shape index (κ1) is 80.4. The van der Waals surface area contributed by atoms with Gasteiger partial charge in [0.1, 0.15) is 54.4 Å². The topological polar surface area (TPSA) is 616 Å². The molecule has 0 saturated carbocycles. The van der Waals surface area contributed by atoms with E-state index >= 15 is 0 Å². The molecule has 0 aliphatic heterocycles. The zero-order valence-electron chi connectivity index (χ0n) is 50.5. The van der Waals surface area contributed by atoms with Crippen LogP contribution in [-0.4, -0.2) is 227 Å². The van der Waals surface area contributed by atoms with Crippen LogP contribution in [0.3, 0.4) is 0 Å². The Morgan fingerprint density at radius 1 is 0.495 bits per heavy atom. The Kier molecular flexibility index (Phi) is 38.9. The number of aliphatic imine (C=N–C) groups is 2. The molecule has 0 aliphatic rings. The van der Waals surface area contributed by atoms with E-state index in [0.29, 0.717) is 24.8 Å². The fourth-order valence-electron chi connectivity index (χ4n) is 8.00. The Hall–Kier alpha value is -8.59. The number of aliphatic hydroxyl groups is 2. The fraction of sp³-hybridized carbons (Fsp3) is 0.604. The van der Waals surface area contributed by atoms with Gasteiger partial charge in [0, 0.05) is 31.0 Å². The minimum Gasteiger partial charge on any atom is -0.481 e. The van der Waals surface area contributed by atoms with E-state index < -0.39 is 176 Å². The summed E-state index contributed by atoms with van der Waals surface area (Å²) in [6.07, 6.45) is 0.159. The van der Waals surface area contributed by atoms with Gasteiger partial charge in [-0.3, -0.25) is 67.5 Å². The Morgan fingerprint density at radius 2 is 0.879 bits per heavy atom. The van der Waals surface area contributed by atoms with Gasteiger partial charge in [-0.15, -0.1) is 0 Å². The van der Waals surface area contributed by atoms with Crippen LogP contribution in [0.1, 0.15) is 77.2 Å². The van der Waals surface area contributed by atoms with Gasteiger partial charge in [0.25, 0.3) is 0 Å². The highest BCUT2D eigenvalue weighted by Crippen LogP contribution is 2.10. The van der Waals surface area contributed by atoms with Gasteiger partial charge in [0.2, 0.25) is 65.0 Å². The van der Waals surface area contributed by atoms with Crippen LogP contribution < -0.4 is 92.9 Å². The number of carboxylic acid groups (broad SMARTS) is 2. The number of aliphatic hydroxyl groups excluding tert-OH is 2. The fourth-order valence-corrected chi connectivity index (χ4v) is 8.51. The van der Waals surface area contributed by atoms with Crippen molar-refractivity contribution in [3.63, 3.8) is 0 Å². The van der Waals surface area contributed by atoms with E-state index in [9.17, 15) is 82.8 Å².